The van der Waals surface area contributed by atoms with Crippen molar-refractivity contribution in [3.8, 4) is 0 Å². The van der Waals surface area contributed by atoms with Gasteiger partial charge in [-0.25, -0.2) is 4.79 Å². The summed E-state index contributed by atoms with van der Waals surface area (Å²) in [6.07, 6.45) is 13.5. The van der Waals surface area contributed by atoms with E-state index in [0.29, 0.717) is 0 Å². The monoisotopic (exact) mass is 423 g/mol. The van der Waals surface area contributed by atoms with Crippen LogP contribution in [0.2, 0.25) is 0 Å². The van der Waals surface area contributed by atoms with E-state index >= 15 is 0 Å². The summed E-state index contributed by atoms with van der Waals surface area (Å²) in [6.45, 7) is 2.15. The lowest BCUT2D eigenvalue weighted by molar-refractivity contribution is -0.131. The number of hydrogen-bond donors (Lipinski definition) is 2. The molecule has 0 aromatic heterocycles. The SMILES string of the molecule is CCC(=C(C1=CC2C=CNC(=O)C2C=C1)c1ccc(C=CC(=O)O)cc1)c1ccccc1. The van der Waals surface area contributed by atoms with Gasteiger partial charge in [-0.3, -0.25) is 4.79 Å². The highest BCUT2D eigenvalue weighted by Gasteiger charge is 2.29. The fourth-order valence-electron chi connectivity index (χ4n) is 4.25. The van der Waals surface area contributed by atoms with Crippen LogP contribution in [0.3, 0.4) is 0 Å². The van der Waals surface area contributed by atoms with Gasteiger partial charge >= 0.3 is 5.97 Å². The third-order valence-corrected chi connectivity index (χ3v) is 5.80. The number of allylic oxidation sites excluding steroid dienone is 6. The van der Waals surface area contributed by atoms with Crippen LogP contribution in [0.15, 0.2) is 96.8 Å². The zero-order chi connectivity index (χ0) is 22.5. The summed E-state index contributed by atoms with van der Waals surface area (Å²) in [5.41, 5.74) is 6.47. The van der Waals surface area contributed by atoms with Crippen molar-refractivity contribution in [1.29, 1.82) is 0 Å². The van der Waals surface area contributed by atoms with E-state index in [1.54, 1.807) is 12.3 Å². The molecule has 2 unspecified atom stereocenters. The van der Waals surface area contributed by atoms with Crippen molar-refractivity contribution >= 4 is 29.1 Å². The van der Waals surface area contributed by atoms with Crippen molar-refractivity contribution in [3.05, 3.63) is 113 Å². The number of nitrogens with one attached hydrogen (secondary N) is 1. The highest BCUT2D eigenvalue weighted by atomic mass is 16.4. The van der Waals surface area contributed by atoms with Crippen molar-refractivity contribution < 1.29 is 14.7 Å². The molecule has 0 spiro atoms. The standard InChI is InChI=1S/C28H25NO3/c1-2-24(20-6-4-3-5-7-20)27(21-11-8-19(9-12-21)10-15-26(30)31)23-13-14-25-22(18-23)16-17-29-28(25)32/h3-18,22,25H,2H2,1H3,(H,29,32)(H,30,31). The van der Waals surface area contributed by atoms with E-state index in [1.807, 2.05) is 60.7 Å². The van der Waals surface area contributed by atoms with Crippen LogP contribution in [-0.2, 0) is 9.59 Å². The topological polar surface area (TPSA) is 66.4 Å². The van der Waals surface area contributed by atoms with Crippen LogP contribution in [0.5, 0.6) is 0 Å². The molecule has 2 aromatic rings. The number of carbonyl (C=O) groups is 2. The van der Waals surface area contributed by atoms with Gasteiger partial charge in [0, 0.05) is 18.2 Å². The first-order chi connectivity index (χ1) is 15.6. The van der Waals surface area contributed by atoms with Crippen LogP contribution in [0.1, 0.15) is 30.0 Å². The number of hydrogen-bond acceptors (Lipinski definition) is 2. The molecule has 4 rings (SSSR count). The molecule has 0 radical (unpaired) electrons. The molecule has 2 N–H and O–H groups in total. The number of carboxylic acid groups (broad SMARTS) is 1. The summed E-state index contributed by atoms with van der Waals surface area (Å²) in [5, 5.41) is 11.7. The molecule has 0 bridgehead atoms. The smallest absolute Gasteiger partial charge is 0.328 e. The summed E-state index contributed by atoms with van der Waals surface area (Å²) in [4.78, 5) is 23.1. The Morgan fingerprint density at radius 1 is 1.03 bits per heavy atom. The number of carbonyl (C=O) groups excluding carboxylic acids is 1. The molecular formula is C28H25NO3. The number of fused-ring (bicyclic) bond motifs is 1. The predicted octanol–water partition coefficient (Wildman–Crippen LogP) is 5.48. The van der Waals surface area contributed by atoms with Gasteiger partial charge in [-0.05, 0) is 45.9 Å². The Hall–Kier alpha value is -3.92. The first kappa shape index (κ1) is 21.3. The lowest BCUT2D eigenvalue weighted by atomic mass is 9.79. The molecule has 2 atom stereocenters. The molecule has 0 saturated heterocycles. The lowest BCUT2D eigenvalue weighted by Gasteiger charge is -2.27. The van der Waals surface area contributed by atoms with E-state index in [-0.39, 0.29) is 17.7 Å². The molecule has 2 aromatic carbocycles. The average Bonchev–Trinajstić information content (AvgIpc) is 2.82. The molecule has 2 aliphatic rings. The summed E-state index contributed by atoms with van der Waals surface area (Å²) >= 11 is 0. The van der Waals surface area contributed by atoms with Crippen LogP contribution >= 0.6 is 0 Å². The Balaban J connectivity index is 1.83. The van der Waals surface area contributed by atoms with Gasteiger partial charge in [-0.1, -0.05) is 85.8 Å². The van der Waals surface area contributed by atoms with Gasteiger partial charge < -0.3 is 10.4 Å². The van der Waals surface area contributed by atoms with E-state index < -0.39 is 5.97 Å². The van der Waals surface area contributed by atoms with Crippen LogP contribution in [0.4, 0.5) is 0 Å². The minimum Gasteiger partial charge on any atom is -0.478 e. The number of benzene rings is 2. The van der Waals surface area contributed by atoms with Crippen molar-refractivity contribution in [3.63, 3.8) is 0 Å². The zero-order valence-electron chi connectivity index (χ0n) is 17.9. The minimum absolute atomic E-state index is 0.0166. The third kappa shape index (κ3) is 4.54. The number of rotatable bonds is 6. The molecule has 0 fully saturated rings. The first-order valence-corrected chi connectivity index (χ1v) is 10.7. The summed E-state index contributed by atoms with van der Waals surface area (Å²) in [7, 11) is 0. The van der Waals surface area contributed by atoms with Gasteiger partial charge in [0.15, 0.2) is 0 Å². The maximum absolute atomic E-state index is 12.2. The molecule has 4 nitrogen and oxygen atoms in total. The van der Waals surface area contributed by atoms with E-state index in [1.165, 1.54) is 5.57 Å². The molecule has 1 aliphatic heterocycles. The predicted molar refractivity (Wildman–Crippen MR) is 128 cm³/mol. The quantitative estimate of drug-likeness (QED) is 0.478. The van der Waals surface area contributed by atoms with Gasteiger partial charge in [-0.15, -0.1) is 0 Å². The molecule has 4 heteroatoms. The first-order valence-electron chi connectivity index (χ1n) is 10.7. The zero-order valence-corrected chi connectivity index (χ0v) is 17.9. The Bertz CT molecular complexity index is 1160. The summed E-state index contributed by atoms with van der Waals surface area (Å²) < 4.78 is 0. The fraction of sp³-hybridized carbons (Fsp3) is 0.143. The second kappa shape index (κ2) is 9.48. The molecular weight excluding hydrogens is 398 g/mol. The third-order valence-electron chi connectivity index (χ3n) is 5.80. The number of amides is 1. The van der Waals surface area contributed by atoms with Gasteiger partial charge in [0.25, 0.3) is 0 Å². The fourth-order valence-corrected chi connectivity index (χ4v) is 4.25. The van der Waals surface area contributed by atoms with Crippen molar-refractivity contribution in [2.45, 2.75) is 13.3 Å². The van der Waals surface area contributed by atoms with Crippen LogP contribution in [0.25, 0.3) is 17.2 Å². The highest BCUT2D eigenvalue weighted by molar-refractivity contribution is 6.00. The van der Waals surface area contributed by atoms with E-state index in [4.69, 9.17) is 5.11 Å². The molecule has 1 aliphatic carbocycles. The minimum atomic E-state index is -0.969. The Kier molecular flexibility index (Phi) is 6.31. The molecule has 160 valence electrons. The second-order valence-corrected chi connectivity index (χ2v) is 7.82. The Labute approximate surface area is 188 Å². The van der Waals surface area contributed by atoms with Crippen LogP contribution < -0.4 is 5.32 Å². The van der Waals surface area contributed by atoms with Crippen LogP contribution in [0, 0.1) is 11.8 Å². The van der Waals surface area contributed by atoms with Gasteiger partial charge in [0.2, 0.25) is 5.91 Å². The highest BCUT2D eigenvalue weighted by Crippen LogP contribution is 2.39. The Morgan fingerprint density at radius 2 is 1.78 bits per heavy atom. The number of carboxylic acids is 1. The maximum atomic E-state index is 12.2. The average molecular weight is 424 g/mol. The van der Waals surface area contributed by atoms with E-state index in [9.17, 15) is 9.59 Å². The largest absolute Gasteiger partial charge is 0.478 e. The van der Waals surface area contributed by atoms with Crippen LogP contribution in [-0.4, -0.2) is 17.0 Å². The lowest BCUT2D eigenvalue weighted by Crippen LogP contribution is -2.34. The summed E-state index contributed by atoms with van der Waals surface area (Å²) in [6, 6.07) is 18.2. The van der Waals surface area contributed by atoms with Gasteiger partial charge in [0.05, 0.1) is 5.92 Å². The molecule has 0 saturated carbocycles. The van der Waals surface area contributed by atoms with E-state index in [0.717, 1.165) is 40.3 Å². The Morgan fingerprint density at radius 3 is 2.47 bits per heavy atom. The van der Waals surface area contributed by atoms with Crippen molar-refractivity contribution in [1.82, 2.24) is 5.32 Å². The second-order valence-electron chi connectivity index (χ2n) is 7.82. The van der Waals surface area contributed by atoms with Crippen molar-refractivity contribution in [2.24, 2.45) is 11.8 Å². The maximum Gasteiger partial charge on any atom is 0.328 e. The number of aliphatic carboxylic acids is 1. The van der Waals surface area contributed by atoms with Gasteiger partial charge in [-0.2, -0.15) is 0 Å². The van der Waals surface area contributed by atoms with Crippen molar-refractivity contribution in [2.75, 3.05) is 0 Å². The normalized spacial score (nSPS) is 20.4. The molecule has 1 amide bonds. The summed E-state index contributed by atoms with van der Waals surface area (Å²) in [5.74, 6) is -1.12. The van der Waals surface area contributed by atoms with E-state index in [2.05, 4.69) is 30.4 Å². The molecule has 32 heavy (non-hydrogen) atoms. The molecule has 1 heterocycles. The van der Waals surface area contributed by atoms with Gasteiger partial charge in [0.1, 0.15) is 0 Å².